The summed E-state index contributed by atoms with van der Waals surface area (Å²) in [6, 6.07) is 4.90. The van der Waals surface area contributed by atoms with Crippen LogP contribution in [0.15, 0.2) is 22.5 Å². The monoisotopic (exact) mass is 438 g/mol. The Morgan fingerprint density at radius 2 is 2.05 bits per heavy atom. The Morgan fingerprint density at radius 3 is 2.59 bits per heavy atom. The third-order valence-electron chi connectivity index (χ3n) is 3.61. The van der Waals surface area contributed by atoms with Crippen LogP contribution < -0.4 is 10.6 Å². The van der Waals surface area contributed by atoms with Crippen molar-refractivity contribution in [2.45, 2.75) is 33.2 Å². The fourth-order valence-electron chi connectivity index (χ4n) is 1.94. The van der Waals surface area contributed by atoms with Gasteiger partial charge in [0, 0.05) is 37.6 Å². The minimum atomic E-state index is 0. The van der Waals surface area contributed by atoms with Gasteiger partial charge in [-0.1, -0.05) is 13.0 Å². The Bertz CT molecular complexity index is 406. The van der Waals surface area contributed by atoms with Crippen LogP contribution in [0.25, 0.3) is 0 Å². The van der Waals surface area contributed by atoms with E-state index >= 15 is 0 Å². The molecule has 0 spiro atoms. The average Bonchev–Trinajstić information content (AvgIpc) is 2.94. The van der Waals surface area contributed by atoms with Crippen molar-refractivity contribution in [2.24, 2.45) is 10.9 Å². The predicted octanol–water partition coefficient (Wildman–Crippen LogP) is 3.05. The van der Waals surface area contributed by atoms with Crippen molar-refractivity contribution >= 4 is 41.3 Å². The molecular formula is C16H31IN4S. The first-order chi connectivity index (χ1) is 10.0. The van der Waals surface area contributed by atoms with E-state index in [1.807, 2.05) is 18.4 Å². The Balaban J connectivity index is 0.00000441. The molecule has 1 aromatic rings. The number of halogens is 1. The molecule has 0 amide bonds. The van der Waals surface area contributed by atoms with Crippen LogP contribution in [0.4, 0.5) is 0 Å². The van der Waals surface area contributed by atoms with Crippen molar-refractivity contribution in [3.8, 4) is 0 Å². The first-order valence-corrected chi connectivity index (χ1v) is 8.58. The number of likely N-dealkylation sites (N-methyl/N-ethyl adjacent to an activating group) is 1. The number of nitrogens with zero attached hydrogens (tertiary/aromatic N) is 2. The summed E-state index contributed by atoms with van der Waals surface area (Å²) in [5.41, 5.74) is 0. The van der Waals surface area contributed by atoms with Gasteiger partial charge in [0.15, 0.2) is 5.96 Å². The summed E-state index contributed by atoms with van der Waals surface area (Å²) < 4.78 is 0. The number of nitrogens with one attached hydrogen (secondary N) is 2. The molecule has 1 heterocycles. The number of aliphatic imine (C=N–C) groups is 1. The molecule has 0 saturated heterocycles. The molecule has 0 aliphatic carbocycles. The van der Waals surface area contributed by atoms with E-state index in [0.717, 1.165) is 32.0 Å². The first-order valence-electron chi connectivity index (χ1n) is 7.70. The van der Waals surface area contributed by atoms with Gasteiger partial charge in [0.25, 0.3) is 0 Å². The van der Waals surface area contributed by atoms with Crippen molar-refractivity contribution in [2.75, 3.05) is 33.7 Å². The second kappa shape index (κ2) is 12.1. The van der Waals surface area contributed by atoms with Crippen molar-refractivity contribution in [3.05, 3.63) is 22.4 Å². The molecule has 1 atom stereocenters. The van der Waals surface area contributed by atoms with Gasteiger partial charge >= 0.3 is 0 Å². The maximum absolute atomic E-state index is 4.28. The SMILES string of the molecule is CN=C(NCCN(C)C(C)C)NCC(C)Cc1cccs1.I. The first kappa shape index (κ1) is 21.7. The summed E-state index contributed by atoms with van der Waals surface area (Å²) in [4.78, 5) is 8.05. The summed E-state index contributed by atoms with van der Waals surface area (Å²) in [7, 11) is 3.97. The maximum Gasteiger partial charge on any atom is 0.191 e. The van der Waals surface area contributed by atoms with Crippen LogP contribution in [-0.2, 0) is 6.42 Å². The standard InChI is InChI=1S/C16H30N4S.HI/c1-13(2)20(5)9-8-18-16(17-4)19-12-14(3)11-15-7-6-10-21-15;/h6-7,10,13-14H,8-9,11-12H2,1-5H3,(H2,17,18,19);1H. The predicted molar refractivity (Wildman–Crippen MR) is 110 cm³/mol. The maximum atomic E-state index is 4.28. The van der Waals surface area contributed by atoms with Crippen LogP contribution in [0.5, 0.6) is 0 Å². The fourth-order valence-corrected chi connectivity index (χ4v) is 2.81. The molecule has 0 aliphatic heterocycles. The summed E-state index contributed by atoms with van der Waals surface area (Å²) in [6.07, 6.45) is 1.12. The summed E-state index contributed by atoms with van der Waals surface area (Å²) >= 11 is 1.83. The van der Waals surface area contributed by atoms with E-state index in [-0.39, 0.29) is 24.0 Å². The molecule has 128 valence electrons. The lowest BCUT2D eigenvalue weighted by molar-refractivity contribution is 0.278. The third kappa shape index (κ3) is 8.95. The van der Waals surface area contributed by atoms with Gasteiger partial charge in [0.2, 0.25) is 0 Å². The van der Waals surface area contributed by atoms with Crippen molar-refractivity contribution < 1.29 is 0 Å². The Labute approximate surface area is 156 Å². The highest BCUT2D eigenvalue weighted by molar-refractivity contribution is 14.0. The number of guanidine groups is 1. The lowest BCUT2D eigenvalue weighted by atomic mass is 10.1. The molecule has 6 heteroatoms. The van der Waals surface area contributed by atoms with Crippen molar-refractivity contribution in [3.63, 3.8) is 0 Å². The van der Waals surface area contributed by atoms with Gasteiger partial charge in [-0.2, -0.15) is 0 Å². The molecule has 1 unspecified atom stereocenters. The Kier molecular flexibility index (Phi) is 11.9. The highest BCUT2D eigenvalue weighted by Crippen LogP contribution is 2.13. The van der Waals surface area contributed by atoms with Gasteiger partial charge in [-0.05, 0) is 44.7 Å². The van der Waals surface area contributed by atoms with Crippen molar-refractivity contribution in [1.29, 1.82) is 0 Å². The van der Waals surface area contributed by atoms with E-state index in [2.05, 4.69) is 65.9 Å². The lowest BCUT2D eigenvalue weighted by Gasteiger charge is -2.22. The quantitative estimate of drug-likeness (QED) is 0.373. The van der Waals surface area contributed by atoms with Gasteiger partial charge in [0.1, 0.15) is 0 Å². The van der Waals surface area contributed by atoms with Gasteiger partial charge < -0.3 is 15.5 Å². The molecule has 0 radical (unpaired) electrons. The number of hydrogen-bond acceptors (Lipinski definition) is 3. The zero-order valence-corrected chi connectivity index (χ0v) is 17.6. The molecule has 1 aromatic heterocycles. The van der Waals surface area contributed by atoms with Crippen LogP contribution in [0.1, 0.15) is 25.6 Å². The number of thiophene rings is 1. The lowest BCUT2D eigenvalue weighted by Crippen LogP contribution is -2.43. The fraction of sp³-hybridized carbons (Fsp3) is 0.688. The summed E-state index contributed by atoms with van der Waals surface area (Å²) in [5.74, 6) is 1.49. The highest BCUT2D eigenvalue weighted by atomic mass is 127. The second-order valence-corrected chi connectivity index (χ2v) is 6.88. The van der Waals surface area contributed by atoms with E-state index in [1.54, 1.807) is 0 Å². The van der Waals surface area contributed by atoms with E-state index in [9.17, 15) is 0 Å². The molecule has 0 aromatic carbocycles. The van der Waals surface area contributed by atoms with Crippen LogP contribution in [-0.4, -0.2) is 50.6 Å². The topological polar surface area (TPSA) is 39.7 Å². The highest BCUT2D eigenvalue weighted by Gasteiger charge is 2.07. The zero-order chi connectivity index (χ0) is 15.7. The second-order valence-electron chi connectivity index (χ2n) is 5.84. The van der Waals surface area contributed by atoms with Crippen LogP contribution in [0, 0.1) is 5.92 Å². The van der Waals surface area contributed by atoms with Crippen LogP contribution >= 0.6 is 35.3 Å². The summed E-state index contributed by atoms with van der Waals surface area (Å²) in [5, 5.41) is 8.92. The normalized spacial score (nSPS) is 13.1. The minimum Gasteiger partial charge on any atom is -0.356 e. The molecule has 0 bridgehead atoms. The van der Waals surface area contributed by atoms with Crippen LogP contribution in [0.3, 0.4) is 0 Å². The third-order valence-corrected chi connectivity index (χ3v) is 4.51. The molecular weight excluding hydrogens is 407 g/mol. The van der Waals surface area contributed by atoms with Crippen LogP contribution in [0.2, 0.25) is 0 Å². The smallest absolute Gasteiger partial charge is 0.191 e. The molecule has 2 N–H and O–H groups in total. The average molecular weight is 438 g/mol. The van der Waals surface area contributed by atoms with Gasteiger partial charge in [0.05, 0.1) is 0 Å². The molecule has 0 saturated carbocycles. The number of hydrogen-bond donors (Lipinski definition) is 2. The van der Waals surface area contributed by atoms with Crippen molar-refractivity contribution in [1.82, 2.24) is 15.5 Å². The van der Waals surface area contributed by atoms with E-state index in [4.69, 9.17) is 0 Å². The Hall–Kier alpha value is -0.340. The molecule has 22 heavy (non-hydrogen) atoms. The molecule has 1 rings (SSSR count). The molecule has 0 fully saturated rings. The summed E-state index contributed by atoms with van der Waals surface area (Å²) in [6.45, 7) is 9.56. The van der Waals surface area contributed by atoms with E-state index in [1.165, 1.54) is 4.88 Å². The largest absolute Gasteiger partial charge is 0.356 e. The van der Waals surface area contributed by atoms with E-state index < -0.39 is 0 Å². The molecule has 4 nitrogen and oxygen atoms in total. The Morgan fingerprint density at radius 1 is 1.32 bits per heavy atom. The van der Waals surface area contributed by atoms with Gasteiger partial charge in [-0.3, -0.25) is 4.99 Å². The number of rotatable bonds is 8. The minimum absolute atomic E-state index is 0. The zero-order valence-electron chi connectivity index (χ0n) is 14.4. The molecule has 0 aliphatic rings. The van der Waals surface area contributed by atoms with E-state index in [0.29, 0.717) is 12.0 Å². The van der Waals surface area contributed by atoms with Gasteiger partial charge in [-0.15, -0.1) is 35.3 Å². The van der Waals surface area contributed by atoms with Gasteiger partial charge in [-0.25, -0.2) is 0 Å².